The zero-order valence-corrected chi connectivity index (χ0v) is 18.0. The van der Waals surface area contributed by atoms with E-state index in [1.165, 1.54) is 44.9 Å². The summed E-state index contributed by atoms with van der Waals surface area (Å²) in [5, 5.41) is 22.6. The van der Waals surface area contributed by atoms with Crippen LogP contribution in [-0.4, -0.2) is 52.5 Å². The molecule has 1 saturated heterocycles. The minimum Gasteiger partial charge on any atom is -1.00 e. The number of carbonyl (C=O) groups is 1. The Labute approximate surface area is 171 Å². The molecule has 2 atom stereocenters. The smallest absolute Gasteiger partial charge is 1.00 e. The molecule has 0 saturated carbocycles. The molecule has 2 unspecified atom stereocenters. The Bertz CT molecular complexity index is 348. The summed E-state index contributed by atoms with van der Waals surface area (Å²) in [5.74, 6) is -0.828. The van der Waals surface area contributed by atoms with Gasteiger partial charge in [0.2, 0.25) is 0 Å². The zero-order chi connectivity index (χ0) is 17.1. The monoisotopic (exact) mass is 352 g/mol. The predicted octanol–water partition coefficient (Wildman–Crippen LogP) is 0.0907. The molecule has 24 heavy (non-hydrogen) atoms. The van der Waals surface area contributed by atoms with Crippen LogP contribution in [0.15, 0.2) is 0 Å². The van der Waals surface area contributed by atoms with Crippen LogP contribution < -0.4 is 34.9 Å². The van der Waals surface area contributed by atoms with Crippen LogP contribution in [0.3, 0.4) is 0 Å². The van der Waals surface area contributed by atoms with Gasteiger partial charge in [-0.3, -0.25) is 15.0 Å². The molecule has 1 heterocycles. The molecule has 0 aliphatic carbocycles. The van der Waals surface area contributed by atoms with E-state index in [4.69, 9.17) is 5.11 Å². The number of hydrogen-bond acceptors (Lipinski definition) is 4. The van der Waals surface area contributed by atoms with E-state index in [9.17, 15) is 9.90 Å². The van der Waals surface area contributed by atoms with Crippen LogP contribution >= 0.6 is 0 Å². The van der Waals surface area contributed by atoms with Gasteiger partial charge >= 0.3 is 35.5 Å². The predicted molar refractivity (Wildman–Crippen MR) is 94.6 cm³/mol. The number of unbranched alkanes of at least 4 members (excludes halogenated alkanes) is 8. The minimum atomic E-state index is -0.828. The van der Waals surface area contributed by atoms with Crippen molar-refractivity contribution < 1.29 is 46.0 Å². The van der Waals surface area contributed by atoms with Crippen LogP contribution in [0.5, 0.6) is 0 Å². The molecule has 0 aromatic rings. The Morgan fingerprint density at radius 2 is 1.71 bits per heavy atom. The van der Waals surface area contributed by atoms with Crippen molar-refractivity contribution in [3.63, 3.8) is 0 Å². The first kappa shape index (κ1) is 24.4. The van der Waals surface area contributed by atoms with Crippen LogP contribution in [0.4, 0.5) is 0 Å². The van der Waals surface area contributed by atoms with E-state index in [0.717, 1.165) is 25.8 Å². The number of carboxylic acid groups (broad SMARTS) is 1. The molecule has 1 rings (SSSR count). The molecular weight excluding hydrogens is 315 g/mol. The van der Waals surface area contributed by atoms with Crippen molar-refractivity contribution in [1.29, 1.82) is 0 Å². The Morgan fingerprint density at radius 1 is 1.17 bits per heavy atom. The van der Waals surface area contributed by atoms with Gasteiger partial charge in [-0.25, -0.2) is 0 Å². The van der Waals surface area contributed by atoms with Crippen LogP contribution in [0.2, 0.25) is 0 Å². The second-order valence-electron chi connectivity index (χ2n) is 6.92. The molecule has 0 amide bonds. The number of aliphatic hydroxyl groups excluding tert-OH is 1. The molecule has 0 radical (unpaired) electrons. The van der Waals surface area contributed by atoms with Gasteiger partial charge in [0.05, 0.1) is 18.3 Å². The molecule has 0 spiro atoms. The Hall–Kier alpha value is 0.350. The normalized spacial score (nSPS) is 22.3. The number of nitrogens with one attached hydrogen (secondary N) is 1. The van der Waals surface area contributed by atoms with Crippen molar-refractivity contribution >= 4 is 5.97 Å². The summed E-state index contributed by atoms with van der Waals surface area (Å²) in [6.45, 7) is 5.43. The zero-order valence-electron chi connectivity index (χ0n) is 17.0. The Kier molecular flexibility index (Phi) is 13.7. The average molecular weight is 352 g/mol. The minimum absolute atomic E-state index is 0. The summed E-state index contributed by atoms with van der Waals surface area (Å²) in [6, 6.07) is 0. The van der Waals surface area contributed by atoms with E-state index in [0.29, 0.717) is 6.54 Å². The van der Waals surface area contributed by atoms with Crippen molar-refractivity contribution in [3.8, 4) is 0 Å². The van der Waals surface area contributed by atoms with Crippen LogP contribution in [0, 0.1) is 0 Å². The maximum atomic E-state index is 11.0. The van der Waals surface area contributed by atoms with E-state index < -0.39 is 17.7 Å². The largest absolute Gasteiger partial charge is 1.00 e. The third kappa shape index (κ3) is 8.15. The number of carboxylic acids is 1. The van der Waals surface area contributed by atoms with E-state index in [1.807, 2.05) is 4.90 Å². The molecule has 5 nitrogen and oxygen atoms in total. The third-order valence-electron chi connectivity index (χ3n) is 5.06. The van der Waals surface area contributed by atoms with E-state index >= 15 is 0 Å². The van der Waals surface area contributed by atoms with Gasteiger partial charge in [0.25, 0.3) is 0 Å². The first-order valence-corrected chi connectivity index (χ1v) is 9.43. The summed E-state index contributed by atoms with van der Waals surface area (Å²) in [7, 11) is 0. The van der Waals surface area contributed by atoms with Gasteiger partial charge in [-0.1, -0.05) is 64.7 Å². The van der Waals surface area contributed by atoms with E-state index in [-0.39, 0.29) is 37.5 Å². The second kappa shape index (κ2) is 13.5. The summed E-state index contributed by atoms with van der Waals surface area (Å²) in [6.07, 6.45) is 11.6. The van der Waals surface area contributed by atoms with Crippen molar-refractivity contribution in [1.82, 2.24) is 10.2 Å². The quantitative estimate of drug-likeness (QED) is 0.324. The summed E-state index contributed by atoms with van der Waals surface area (Å²) in [5.41, 5.74) is -0.556. The topological polar surface area (TPSA) is 72.8 Å². The molecule has 0 bridgehead atoms. The van der Waals surface area contributed by atoms with Gasteiger partial charge in [-0.05, 0) is 13.3 Å². The van der Waals surface area contributed by atoms with E-state index in [2.05, 4.69) is 12.2 Å². The third-order valence-corrected chi connectivity index (χ3v) is 5.06. The molecule has 0 aromatic heterocycles. The summed E-state index contributed by atoms with van der Waals surface area (Å²) in [4.78, 5) is 12.9. The second-order valence-corrected chi connectivity index (χ2v) is 6.92. The van der Waals surface area contributed by atoms with Gasteiger partial charge in [0.1, 0.15) is 0 Å². The Balaban J connectivity index is 0. The first-order valence-electron chi connectivity index (χ1n) is 9.43. The van der Waals surface area contributed by atoms with Gasteiger partial charge in [-0.2, -0.15) is 0 Å². The first-order chi connectivity index (χ1) is 11.0. The molecule has 1 aliphatic rings. The van der Waals surface area contributed by atoms with Crippen molar-refractivity contribution in [2.24, 2.45) is 0 Å². The fourth-order valence-corrected chi connectivity index (χ4v) is 3.67. The number of aliphatic hydroxyl groups is 1. The fourth-order valence-electron chi connectivity index (χ4n) is 3.67. The maximum Gasteiger partial charge on any atom is 1.00 e. The molecule has 1 fully saturated rings. The molecule has 0 aromatic carbocycles. The fraction of sp³-hybridized carbons (Fsp3) is 0.944. The van der Waals surface area contributed by atoms with Crippen LogP contribution in [0.1, 0.15) is 79.5 Å². The average Bonchev–Trinajstić information content (AvgIpc) is 2.89. The number of aliphatic carboxylic acids is 1. The SMILES string of the molecule is CCCCCCCCCCCC1(C(C)O)NCCN1CC(=O)O.[H-].[Na+]. The van der Waals surface area contributed by atoms with E-state index in [1.54, 1.807) is 6.92 Å². The maximum absolute atomic E-state index is 11.0. The molecule has 3 N–H and O–H groups in total. The van der Waals surface area contributed by atoms with Crippen LogP contribution in [0.25, 0.3) is 0 Å². The van der Waals surface area contributed by atoms with Gasteiger partial charge < -0.3 is 11.6 Å². The van der Waals surface area contributed by atoms with Gasteiger partial charge in [-0.15, -0.1) is 0 Å². The number of hydrogen-bond donors (Lipinski definition) is 3. The van der Waals surface area contributed by atoms with Gasteiger partial charge in [0.15, 0.2) is 0 Å². The molecular formula is C18H37N2NaO3. The molecule has 6 heteroatoms. The van der Waals surface area contributed by atoms with Crippen molar-refractivity contribution in [2.75, 3.05) is 19.6 Å². The number of nitrogens with zero attached hydrogens (tertiary/aromatic N) is 1. The standard InChI is InChI=1S/C18H36N2O3.Na.H/c1-3-4-5-6-7-8-9-10-11-12-18(16(2)21)19-13-14-20(18)15-17(22)23;;/h16,19,21H,3-15H2,1-2H3,(H,22,23);;/q;+1;-1. The molecule has 138 valence electrons. The number of rotatable bonds is 13. The van der Waals surface area contributed by atoms with Crippen LogP contribution in [-0.2, 0) is 4.79 Å². The van der Waals surface area contributed by atoms with Gasteiger partial charge in [0, 0.05) is 13.1 Å². The van der Waals surface area contributed by atoms with Crippen molar-refractivity contribution in [2.45, 2.75) is 89.8 Å². The summed E-state index contributed by atoms with van der Waals surface area (Å²) >= 11 is 0. The Morgan fingerprint density at radius 3 is 2.21 bits per heavy atom. The van der Waals surface area contributed by atoms with Crippen molar-refractivity contribution in [3.05, 3.63) is 0 Å². The molecule has 1 aliphatic heterocycles. The summed E-state index contributed by atoms with van der Waals surface area (Å²) < 4.78 is 0.